The van der Waals surface area contributed by atoms with Crippen LogP contribution in [0.2, 0.25) is 0 Å². The Morgan fingerprint density at radius 1 is 0.871 bits per heavy atom. The fourth-order valence-electron chi connectivity index (χ4n) is 3.33. The lowest BCUT2D eigenvalue weighted by Crippen LogP contribution is -2.12. The van der Waals surface area contributed by atoms with Crippen molar-refractivity contribution >= 4 is 60.7 Å². The highest BCUT2D eigenvalue weighted by Gasteiger charge is 2.15. The molecule has 4 aromatic rings. The Morgan fingerprint density at radius 2 is 1.52 bits per heavy atom. The van der Waals surface area contributed by atoms with Gasteiger partial charge in [0.05, 0.1) is 35.5 Å². The zero-order valence-corrected chi connectivity index (χ0v) is 17.7. The number of hydrogen-bond acceptors (Lipinski definition) is 5. The number of sulfonamides is 1. The molecular weight excluding hydrogens is 416 g/mol. The SMILES string of the molecule is COC(=O)Nc1ccc2c(Nc3ccc(NS(C)(=O)=O)cc3)c3ccccc3[nH+]c2c1. The normalized spacial score (nSPS) is 11.3. The van der Waals surface area contributed by atoms with Crippen LogP contribution in [0, 0.1) is 0 Å². The Kier molecular flexibility index (Phi) is 5.35. The molecule has 0 atom stereocenters. The number of amides is 1. The molecule has 0 saturated heterocycles. The number of aromatic nitrogens is 1. The molecule has 1 amide bonds. The number of ether oxygens (including phenoxy) is 1. The fraction of sp³-hybridized carbons (Fsp3) is 0.0909. The summed E-state index contributed by atoms with van der Waals surface area (Å²) in [6.45, 7) is 0. The highest BCUT2D eigenvalue weighted by atomic mass is 32.2. The van der Waals surface area contributed by atoms with E-state index < -0.39 is 16.1 Å². The van der Waals surface area contributed by atoms with E-state index in [1.165, 1.54) is 7.11 Å². The number of nitrogens with one attached hydrogen (secondary N) is 4. The van der Waals surface area contributed by atoms with Crippen molar-refractivity contribution < 1.29 is 22.9 Å². The first kappa shape index (κ1) is 20.4. The lowest BCUT2D eigenvalue weighted by molar-refractivity contribution is -0.310. The summed E-state index contributed by atoms with van der Waals surface area (Å²) in [5, 5.41) is 8.02. The predicted octanol–water partition coefficient (Wildman–Crippen LogP) is 4.10. The Balaban J connectivity index is 1.76. The molecule has 1 aromatic heterocycles. The van der Waals surface area contributed by atoms with Crippen LogP contribution in [0.25, 0.3) is 21.8 Å². The minimum atomic E-state index is -3.33. The smallest absolute Gasteiger partial charge is 0.411 e. The van der Waals surface area contributed by atoms with Gasteiger partial charge in [-0.05, 0) is 42.5 Å². The molecule has 0 unspecified atom stereocenters. The van der Waals surface area contributed by atoms with Gasteiger partial charge in [0.15, 0.2) is 0 Å². The molecule has 0 aliphatic carbocycles. The summed E-state index contributed by atoms with van der Waals surface area (Å²) in [6, 6.07) is 20.4. The molecule has 0 bridgehead atoms. The summed E-state index contributed by atoms with van der Waals surface area (Å²) in [6.07, 6.45) is 0.572. The van der Waals surface area contributed by atoms with Crippen molar-refractivity contribution in [1.29, 1.82) is 0 Å². The van der Waals surface area contributed by atoms with Crippen molar-refractivity contribution in [1.82, 2.24) is 0 Å². The molecule has 0 spiro atoms. The van der Waals surface area contributed by atoms with Crippen LogP contribution in [-0.4, -0.2) is 27.9 Å². The molecule has 158 valence electrons. The highest BCUT2D eigenvalue weighted by Crippen LogP contribution is 2.32. The summed E-state index contributed by atoms with van der Waals surface area (Å²) in [7, 11) is -2.02. The molecule has 0 fully saturated rings. The predicted molar refractivity (Wildman–Crippen MR) is 122 cm³/mol. The summed E-state index contributed by atoms with van der Waals surface area (Å²) >= 11 is 0. The third kappa shape index (κ3) is 4.67. The van der Waals surface area contributed by atoms with E-state index in [2.05, 4.69) is 25.1 Å². The molecule has 4 N–H and O–H groups in total. The number of aromatic amines is 1. The minimum absolute atomic E-state index is 0.489. The third-order valence-corrected chi connectivity index (χ3v) is 5.25. The maximum absolute atomic E-state index is 11.6. The lowest BCUT2D eigenvalue weighted by Gasteiger charge is -2.12. The number of carbonyl (C=O) groups is 1. The van der Waals surface area contributed by atoms with Crippen LogP contribution in [0.1, 0.15) is 0 Å². The molecule has 3 aromatic carbocycles. The van der Waals surface area contributed by atoms with E-state index in [0.29, 0.717) is 11.4 Å². The first-order valence-corrected chi connectivity index (χ1v) is 11.3. The van der Waals surface area contributed by atoms with Gasteiger partial charge in [0.25, 0.3) is 0 Å². The zero-order valence-electron chi connectivity index (χ0n) is 16.9. The molecule has 4 rings (SSSR count). The molecule has 31 heavy (non-hydrogen) atoms. The highest BCUT2D eigenvalue weighted by molar-refractivity contribution is 7.92. The number of pyridine rings is 1. The average Bonchev–Trinajstić information content (AvgIpc) is 2.73. The Morgan fingerprint density at radius 3 is 2.23 bits per heavy atom. The van der Waals surface area contributed by atoms with E-state index >= 15 is 0 Å². The van der Waals surface area contributed by atoms with Crippen LogP contribution in [0.15, 0.2) is 66.7 Å². The topological polar surface area (TPSA) is 111 Å². The van der Waals surface area contributed by atoms with Crippen molar-refractivity contribution in [2.75, 3.05) is 28.7 Å². The van der Waals surface area contributed by atoms with Gasteiger partial charge in [-0.2, -0.15) is 0 Å². The monoisotopic (exact) mass is 437 g/mol. The second kappa shape index (κ2) is 8.11. The average molecular weight is 438 g/mol. The van der Waals surface area contributed by atoms with Crippen LogP contribution in [0.3, 0.4) is 0 Å². The Bertz CT molecular complexity index is 1390. The van der Waals surface area contributed by atoms with E-state index in [-0.39, 0.29) is 0 Å². The molecule has 0 aliphatic rings. The number of para-hydroxylation sites is 1. The molecular formula is C22H21N4O4S+. The van der Waals surface area contributed by atoms with Gasteiger partial charge in [0.2, 0.25) is 21.1 Å². The van der Waals surface area contributed by atoms with Gasteiger partial charge in [0, 0.05) is 23.5 Å². The largest absolute Gasteiger partial charge is 0.453 e. The summed E-state index contributed by atoms with van der Waals surface area (Å²) in [5.41, 5.74) is 4.52. The summed E-state index contributed by atoms with van der Waals surface area (Å²) < 4.78 is 30.0. The second-order valence-electron chi connectivity index (χ2n) is 7.00. The van der Waals surface area contributed by atoms with Crippen LogP contribution in [0.5, 0.6) is 0 Å². The van der Waals surface area contributed by atoms with Gasteiger partial charge in [-0.25, -0.2) is 18.2 Å². The van der Waals surface area contributed by atoms with Crippen molar-refractivity contribution in [2.24, 2.45) is 0 Å². The van der Waals surface area contributed by atoms with Gasteiger partial charge < -0.3 is 10.1 Å². The zero-order chi connectivity index (χ0) is 22.0. The van der Waals surface area contributed by atoms with Gasteiger partial charge in [-0.15, -0.1) is 0 Å². The van der Waals surface area contributed by atoms with E-state index in [4.69, 9.17) is 0 Å². The number of anilines is 4. The van der Waals surface area contributed by atoms with Crippen LogP contribution in [-0.2, 0) is 14.8 Å². The minimum Gasteiger partial charge on any atom is -0.453 e. The molecule has 1 heterocycles. The summed E-state index contributed by atoms with van der Waals surface area (Å²) in [4.78, 5) is 14.9. The standard InChI is InChI=1S/C22H20N4O4S/c1-30-22(27)24-16-11-12-18-20(13-16)25-19-6-4-3-5-17(19)21(18)23-14-7-9-15(10-8-14)26-31(2,28)29/h3-13,26H,1-2H3,(H,23,25)(H,24,27)/p+1. The van der Waals surface area contributed by atoms with E-state index in [9.17, 15) is 13.2 Å². The number of benzene rings is 3. The van der Waals surface area contributed by atoms with E-state index in [1.54, 1.807) is 30.3 Å². The summed E-state index contributed by atoms with van der Waals surface area (Å²) in [5.74, 6) is 0. The van der Waals surface area contributed by atoms with E-state index in [0.717, 1.165) is 39.4 Å². The van der Waals surface area contributed by atoms with Crippen LogP contribution < -0.4 is 20.3 Å². The number of fused-ring (bicyclic) bond motifs is 2. The Hall–Kier alpha value is -3.85. The number of carbonyl (C=O) groups excluding carboxylic acids is 1. The molecule has 0 saturated carbocycles. The Labute approximate surface area is 179 Å². The number of methoxy groups -OCH3 is 1. The van der Waals surface area contributed by atoms with Gasteiger partial charge >= 0.3 is 6.09 Å². The van der Waals surface area contributed by atoms with Crippen molar-refractivity contribution in [3.8, 4) is 0 Å². The molecule has 0 aliphatic heterocycles. The number of H-pyrrole nitrogens is 1. The fourth-order valence-corrected chi connectivity index (χ4v) is 3.89. The van der Waals surface area contributed by atoms with Gasteiger partial charge in [-0.1, -0.05) is 12.1 Å². The number of hydrogen-bond donors (Lipinski definition) is 3. The molecule has 8 nitrogen and oxygen atoms in total. The van der Waals surface area contributed by atoms with Crippen LogP contribution in [0.4, 0.5) is 27.5 Å². The van der Waals surface area contributed by atoms with Crippen LogP contribution >= 0.6 is 0 Å². The first-order chi connectivity index (χ1) is 14.8. The molecule has 9 heteroatoms. The third-order valence-electron chi connectivity index (χ3n) is 4.64. The van der Waals surface area contributed by atoms with E-state index in [1.807, 2.05) is 36.4 Å². The van der Waals surface area contributed by atoms with Crippen molar-refractivity contribution in [3.63, 3.8) is 0 Å². The van der Waals surface area contributed by atoms with Gasteiger partial charge in [-0.3, -0.25) is 10.0 Å². The van der Waals surface area contributed by atoms with Crippen molar-refractivity contribution in [2.45, 2.75) is 0 Å². The van der Waals surface area contributed by atoms with Gasteiger partial charge in [0.1, 0.15) is 0 Å². The van der Waals surface area contributed by atoms with Crippen molar-refractivity contribution in [3.05, 3.63) is 66.7 Å². The lowest BCUT2D eigenvalue weighted by atomic mass is 10.1. The molecule has 0 radical (unpaired) electrons. The maximum Gasteiger partial charge on any atom is 0.411 e. The quantitative estimate of drug-likeness (QED) is 0.407. The second-order valence-corrected chi connectivity index (χ2v) is 8.75. The number of rotatable bonds is 5. The maximum atomic E-state index is 11.6. The first-order valence-electron chi connectivity index (χ1n) is 9.40.